The molecule has 4 heteroatoms. The predicted molar refractivity (Wildman–Crippen MR) is 77.2 cm³/mol. The molecule has 3 nitrogen and oxygen atoms in total. The lowest BCUT2D eigenvalue weighted by molar-refractivity contribution is -0.131. The van der Waals surface area contributed by atoms with Crippen molar-refractivity contribution in [1.82, 2.24) is 4.90 Å². The van der Waals surface area contributed by atoms with Gasteiger partial charge in [0.05, 0.1) is 10.7 Å². The fourth-order valence-electron chi connectivity index (χ4n) is 1.85. The van der Waals surface area contributed by atoms with Gasteiger partial charge in [-0.15, -0.1) is 0 Å². The van der Waals surface area contributed by atoms with E-state index in [1.54, 1.807) is 4.90 Å². The van der Waals surface area contributed by atoms with Crippen molar-refractivity contribution in [2.45, 2.75) is 33.7 Å². The molecule has 0 fully saturated rings. The van der Waals surface area contributed by atoms with Gasteiger partial charge in [0.2, 0.25) is 5.91 Å². The minimum atomic E-state index is -0.274. The lowest BCUT2D eigenvalue weighted by Gasteiger charge is -2.24. The van der Waals surface area contributed by atoms with E-state index >= 15 is 0 Å². The highest BCUT2D eigenvalue weighted by Crippen LogP contribution is 2.23. The van der Waals surface area contributed by atoms with Crippen LogP contribution in [0.4, 0.5) is 5.69 Å². The molecule has 0 aliphatic carbocycles. The number of nitrogens with zero attached hydrogens (tertiary/aromatic N) is 1. The van der Waals surface area contributed by atoms with E-state index in [0.29, 0.717) is 5.02 Å². The summed E-state index contributed by atoms with van der Waals surface area (Å²) in [6.45, 7) is 9.27. The zero-order chi connectivity index (χ0) is 13.7. The predicted octanol–water partition coefficient (Wildman–Crippen LogP) is 3.32. The Labute approximate surface area is 114 Å². The lowest BCUT2D eigenvalue weighted by atomic mass is 10.2. The molecular weight excluding hydrogens is 248 g/mol. The van der Waals surface area contributed by atoms with Gasteiger partial charge in [-0.1, -0.05) is 17.7 Å². The average Bonchev–Trinajstić information content (AvgIpc) is 2.35. The van der Waals surface area contributed by atoms with Gasteiger partial charge in [0.25, 0.3) is 0 Å². The lowest BCUT2D eigenvalue weighted by Crippen LogP contribution is -2.41. The van der Waals surface area contributed by atoms with Gasteiger partial charge >= 0.3 is 0 Å². The molecular formula is C14H21ClN2O. The van der Waals surface area contributed by atoms with E-state index in [1.165, 1.54) is 0 Å². The molecule has 18 heavy (non-hydrogen) atoms. The molecule has 0 aliphatic heterocycles. The number of halogens is 1. The molecule has 1 N–H and O–H groups in total. The Morgan fingerprint density at radius 1 is 1.39 bits per heavy atom. The summed E-state index contributed by atoms with van der Waals surface area (Å²) >= 11 is 6.10. The number of hydrogen-bond acceptors (Lipinski definition) is 2. The smallest absolute Gasteiger partial charge is 0.244 e. The largest absolute Gasteiger partial charge is 0.373 e. The van der Waals surface area contributed by atoms with Crippen molar-refractivity contribution in [1.29, 1.82) is 0 Å². The molecule has 0 spiro atoms. The number of aryl methyl sites for hydroxylation is 1. The minimum Gasteiger partial charge on any atom is -0.373 e. The zero-order valence-electron chi connectivity index (χ0n) is 11.5. The fourth-order valence-corrected chi connectivity index (χ4v) is 2.03. The maximum Gasteiger partial charge on any atom is 0.244 e. The van der Waals surface area contributed by atoms with Crippen LogP contribution < -0.4 is 5.32 Å². The van der Waals surface area contributed by atoms with Crippen LogP contribution in [0.5, 0.6) is 0 Å². The molecule has 0 heterocycles. The van der Waals surface area contributed by atoms with E-state index in [-0.39, 0.29) is 11.9 Å². The third-order valence-corrected chi connectivity index (χ3v) is 3.27. The van der Waals surface area contributed by atoms with E-state index in [2.05, 4.69) is 5.32 Å². The molecule has 0 aliphatic rings. The topological polar surface area (TPSA) is 32.3 Å². The standard InChI is InChI=1S/C14H21ClN2O/c1-5-17(6-2)14(18)11(4)16-13-9-10(3)7-8-12(13)15/h7-9,11,16H,5-6H2,1-4H3. The van der Waals surface area contributed by atoms with Gasteiger partial charge in [-0.2, -0.15) is 0 Å². The van der Waals surface area contributed by atoms with E-state index in [0.717, 1.165) is 24.3 Å². The van der Waals surface area contributed by atoms with Crippen molar-refractivity contribution >= 4 is 23.2 Å². The van der Waals surface area contributed by atoms with Crippen LogP contribution in [0.25, 0.3) is 0 Å². The van der Waals surface area contributed by atoms with Crippen molar-refractivity contribution in [2.75, 3.05) is 18.4 Å². The second kappa shape index (κ2) is 6.64. The summed E-state index contributed by atoms with van der Waals surface area (Å²) in [5.41, 5.74) is 1.93. The van der Waals surface area contributed by atoms with Gasteiger partial charge < -0.3 is 10.2 Å². The van der Waals surface area contributed by atoms with Crippen LogP contribution in [0, 0.1) is 6.92 Å². The van der Waals surface area contributed by atoms with Crippen molar-refractivity contribution in [3.05, 3.63) is 28.8 Å². The zero-order valence-corrected chi connectivity index (χ0v) is 12.2. The Morgan fingerprint density at radius 2 is 2.00 bits per heavy atom. The number of rotatable bonds is 5. The number of hydrogen-bond donors (Lipinski definition) is 1. The molecule has 1 rings (SSSR count). The Morgan fingerprint density at radius 3 is 2.56 bits per heavy atom. The van der Waals surface area contributed by atoms with E-state index in [1.807, 2.05) is 45.9 Å². The van der Waals surface area contributed by atoms with Crippen LogP contribution in [-0.4, -0.2) is 29.9 Å². The SMILES string of the molecule is CCN(CC)C(=O)C(C)Nc1cc(C)ccc1Cl. The third kappa shape index (κ3) is 3.64. The summed E-state index contributed by atoms with van der Waals surface area (Å²) < 4.78 is 0. The molecule has 0 aromatic heterocycles. The quantitative estimate of drug-likeness (QED) is 0.889. The molecule has 0 saturated carbocycles. The number of carbonyl (C=O) groups is 1. The van der Waals surface area contributed by atoms with Crippen LogP contribution in [0.15, 0.2) is 18.2 Å². The van der Waals surface area contributed by atoms with Crippen LogP contribution in [0.3, 0.4) is 0 Å². The van der Waals surface area contributed by atoms with Gasteiger partial charge in [-0.3, -0.25) is 4.79 Å². The van der Waals surface area contributed by atoms with Gasteiger partial charge in [-0.05, 0) is 45.4 Å². The summed E-state index contributed by atoms with van der Waals surface area (Å²) in [7, 11) is 0. The van der Waals surface area contributed by atoms with Crippen molar-refractivity contribution in [2.24, 2.45) is 0 Å². The Hall–Kier alpha value is -1.22. The first-order chi connectivity index (χ1) is 8.49. The second-order valence-electron chi connectivity index (χ2n) is 4.36. The number of likely N-dealkylation sites (N-methyl/N-ethyl adjacent to an activating group) is 1. The first-order valence-electron chi connectivity index (χ1n) is 6.31. The molecule has 0 saturated heterocycles. The van der Waals surface area contributed by atoms with Crippen molar-refractivity contribution < 1.29 is 4.79 Å². The number of anilines is 1. The van der Waals surface area contributed by atoms with Crippen LogP contribution in [0.2, 0.25) is 5.02 Å². The number of nitrogens with one attached hydrogen (secondary N) is 1. The second-order valence-corrected chi connectivity index (χ2v) is 4.77. The minimum absolute atomic E-state index is 0.0950. The van der Waals surface area contributed by atoms with Gasteiger partial charge in [0.15, 0.2) is 0 Å². The van der Waals surface area contributed by atoms with Gasteiger partial charge in [-0.25, -0.2) is 0 Å². The van der Waals surface area contributed by atoms with E-state index in [9.17, 15) is 4.79 Å². The highest BCUT2D eigenvalue weighted by Gasteiger charge is 2.18. The Bertz CT molecular complexity index is 416. The number of carbonyl (C=O) groups excluding carboxylic acids is 1. The summed E-state index contributed by atoms with van der Waals surface area (Å²) in [6, 6.07) is 5.47. The fraction of sp³-hybridized carbons (Fsp3) is 0.500. The number of amides is 1. The first kappa shape index (κ1) is 14.8. The van der Waals surface area contributed by atoms with E-state index in [4.69, 9.17) is 11.6 Å². The molecule has 1 amide bonds. The van der Waals surface area contributed by atoms with Crippen LogP contribution >= 0.6 is 11.6 Å². The molecule has 1 aromatic rings. The summed E-state index contributed by atoms with van der Waals surface area (Å²) in [5, 5.41) is 3.82. The summed E-state index contributed by atoms with van der Waals surface area (Å²) in [6.07, 6.45) is 0. The Kier molecular flexibility index (Phi) is 5.48. The first-order valence-corrected chi connectivity index (χ1v) is 6.68. The third-order valence-electron chi connectivity index (χ3n) is 2.94. The Balaban J connectivity index is 2.77. The van der Waals surface area contributed by atoms with Crippen LogP contribution in [0.1, 0.15) is 26.3 Å². The van der Waals surface area contributed by atoms with Gasteiger partial charge in [0, 0.05) is 13.1 Å². The molecule has 1 unspecified atom stereocenters. The highest BCUT2D eigenvalue weighted by molar-refractivity contribution is 6.33. The average molecular weight is 269 g/mol. The molecule has 1 atom stereocenters. The van der Waals surface area contributed by atoms with Crippen molar-refractivity contribution in [3.8, 4) is 0 Å². The number of benzene rings is 1. The summed E-state index contributed by atoms with van der Waals surface area (Å²) in [4.78, 5) is 13.9. The molecule has 0 radical (unpaired) electrons. The monoisotopic (exact) mass is 268 g/mol. The summed E-state index contributed by atoms with van der Waals surface area (Å²) in [5.74, 6) is 0.0950. The molecule has 1 aromatic carbocycles. The highest BCUT2D eigenvalue weighted by atomic mass is 35.5. The van der Waals surface area contributed by atoms with Gasteiger partial charge in [0.1, 0.15) is 6.04 Å². The van der Waals surface area contributed by atoms with Crippen molar-refractivity contribution in [3.63, 3.8) is 0 Å². The molecule has 0 bridgehead atoms. The maximum atomic E-state index is 12.1. The maximum absolute atomic E-state index is 12.1. The van der Waals surface area contributed by atoms with E-state index < -0.39 is 0 Å². The normalized spacial score (nSPS) is 12.1. The molecule has 100 valence electrons. The van der Waals surface area contributed by atoms with Crippen LogP contribution in [-0.2, 0) is 4.79 Å².